The number of amides is 1. The minimum absolute atomic E-state index is 0. The molecule has 1 aliphatic carbocycles. The van der Waals surface area contributed by atoms with Crippen LogP contribution in [0.2, 0.25) is 0 Å². The maximum absolute atomic E-state index is 12.0. The van der Waals surface area contributed by atoms with Gasteiger partial charge in [-0.1, -0.05) is 31.0 Å². The standard InChI is InChI=1S/C20H32N4O2.HI/c1-3-21-20(22-14-13-19(25)23-17-9-7-8-10-17)24(2)15-16-26-18-11-5-4-6-12-18;/h4-6,11-12,17H,3,7-10,13-16H2,1-2H3,(H,21,22)(H,23,25);1H. The number of aliphatic imine (C=N–C) groups is 1. The molecule has 0 spiro atoms. The van der Waals surface area contributed by atoms with Crippen molar-refractivity contribution < 1.29 is 9.53 Å². The average molecular weight is 488 g/mol. The monoisotopic (exact) mass is 488 g/mol. The third-order valence-electron chi connectivity index (χ3n) is 4.46. The quantitative estimate of drug-likeness (QED) is 0.319. The highest BCUT2D eigenvalue weighted by molar-refractivity contribution is 14.0. The van der Waals surface area contributed by atoms with E-state index in [-0.39, 0.29) is 29.9 Å². The van der Waals surface area contributed by atoms with Gasteiger partial charge in [0, 0.05) is 26.1 Å². The van der Waals surface area contributed by atoms with E-state index in [4.69, 9.17) is 4.74 Å². The van der Waals surface area contributed by atoms with E-state index >= 15 is 0 Å². The molecule has 0 atom stereocenters. The molecule has 1 aromatic carbocycles. The summed E-state index contributed by atoms with van der Waals surface area (Å²) in [5.41, 5.74) is 0. The number of nitrogens with one attached hydrogen (secondary N) is 2. The highest BCUT2D eigenvalue weighted by atomic mass is 127. The van der Waals surface area contributed by atoms with Crippen LogP contribution < -0.4 is 15.4 Å². The summed E-state index contributed by atoms with van der Waals surface area (Å²) in [6, 6.07) is 10.2. The Morgan fingerprint density at radius 3 is 2.63 bits per heavy atom. The molecular weight excluding hydrogens is 455 g/mol. The molecule has 1 amide bonds. The first-order valence-corrected chi connectivity index (χ1v) is 9.65. The zero-order chi connectivity index (χ0) is 18.6. The van der Waals surface area contributed by atoms with E-state index in [1.54, 1.807) is 0 Å². The molecule has 1 fully saturated rings. The first-order chi connectivity index (χ1) is 12.7. The number of ether oxygens (including phenoxy) is 1. The molecule has 0 saturated heterocycles. The topological polar surface area (TPSA) is 66.0 Å². The first-order valence-electron chi connectivity index (χ1n) is 9.65. The molecule has 6 nitrogen and oxygen atoms in total. The minimum Gasteiger partial charge on any atom is -0.492 e. The van der Waals surface area contributed by atoms with Gasteiger partial charge in [-0.3, -0.25) is 9.79 Å². The molecule has 0 aliphatic heterocycles. The van der Waals surface area contributed by atoms with Gasteiger partial charge in [0.2, 0.25) is 5.91 Å². The fourth-order valence-electron chi connectivity index (χ4n) is 3.03. The molecule has 0 radical (unpaired) electrons. The number of hydrogen-bond donors (Lipinski definition) is 2. The third kappa shape index (κ3) is 9.30. The lowest BCUT2D eigenvalue weighted by Gasteiger charge is -2.22. The molecular formula is C20H33IN4O2. The van der Waals surface area contributed by atoms with Crippen molar-refractivity contribution in [1.29, 1.82) is 0 Å². The highest BCUT2D eigenvalue weighted by Crippen LogP contribution is 2.17. The lowest BCUT2D eigenvalue weighted by molar-refractivity contribution is -0.121. The number of benzene rings is 1. The zero-order valence-corrected chi connectivity index (χ0v) is 18.8. The number of nitrogens with zero attached hydrogens (tertiary/aromatic N) is 2. The lowest BCUT2D eigenvalue weighted by Crippen LogP contribution is -2.41. The van der Waals surface area contributed by atoms with Crippen molar-refractivity contribution in [2.45, 2.75) is 45.1 Å². The number of halogens is 1. The number of rotatable bonds is 9. The zero-order valence-electron chi connectivity index (χ0n) is 16.4. The van der Waals surface area contributed by atoms with Gasteiger partial charge in [0.1, 0.15) is 12.4 Å². The van der Waals surface area contributed by atoms with Crippen LogP contribution in [0.3, 0.4) is 0 Å². The van der Waals surface area contributed by atoms with E-state index in [1.165, 1.54) is 12.8 Å². The van der Waals surface area contributed by atoms with E-state index < -0.39 is 0 Å². The number of likely N-dealkylation sites (N-methyl/N-ethyl adjacent to an activating group) is 1. The van der Waals surface area contributed by atoms with Crippen LogP contribution in [0.25, 0.3) is 0 Å². The molecule has 1 saturated carbocycles. The minimum atomic E-state index is 0. The van der Waals surface area contributed by atoms with Crippen LogP contribution in [0.4, 0.5) is 0 Å². The molecule has 0 aromatic heterocycles. The van der Waals surface area contributed by atoms with Crippen molar-refractivity contribution >= 4 is 35.8 Å². The third-order valence-corrected chi connectivity index (χ3v) is 4.46. The summed E-state index contributed by atoms with van der Waals surface area (Å²) < 4.78 is 5.73. The Kier molecular flexibility index (Phi) is 11.9. The number of carbonyl (C=O) groups excluding carboxylic acids is 1. The van der Waals surface area contributed by atoms with Gasteiger partial charge in [0.15, 0.2) is 5.96 Å². The molecule has 2 rings (SSSR count). The van der Waals surface area contributed by atoms with E-state index in [9.17, 15) is 4.79 Å². The van der Waals surface area contributed by atoms with Crippen molar-refractivity contribution in [3.63, 3.8) is 0 Å². The second-order valence-corrected chi connectivity index (χ2v) is 6.62. The SMILES string of the molecule is CCNC(=NCCC(=O)NC1CCCC1)N(C)CCOc1ccccc1.I. The average Bonchev–Trinajstić information content (AvgIpc) is 3.14. The molecule has 0 unspecified atom stereocenters. The van der Waals surface area contributed by atoms with Crippen LogP contribution >= 0.6 is 24.0 Å². The summed E-state index contributed by atoms with van der Waals surface area (Å²) in [4.78, 5) is 18.6. The summed E-state index contributed by atoms with van der Waals surface area (Å²) in [5.74, 6) is 1.77. The molecule has 2 N–H and O–H groups in total. The van der Waals surface area contributed by atoms with Crippen LogP contribution in [-0.2, 0) is 4.79 Å². The summed E-state index contributed by atoms with van der Waals surface area (Å²) in [6.07, 6.45) is 5.11. The van der Waals surface area contributed by atoms with Crippen molar-refractivity contribution in [2.24, 2.45) is 4.99 Å². The molecule has 152 valence electrons. The second-order valence-electron chi connectivity index (χ2n) is 6.62. The largest absolute Gasteiger partial charge is 0.492 e. The summed E-state index contributed by atoms with van der Waals surface area (Å²) in [7, 11) is 1.98. The van der Waals surface area contributed by atoms with E-state index in [0.717, 1.165) is 37.6 Å². The van der Waals surface area contributed by atoms with Crippen LogP contribution in [0.15, 0.2) is 35.3 Å². The van der Waals surface area contributed by atoms with Crippen molar-refractivity contribution in [1.82, 2.24) is 15.5 Å². The van der Waals surface area contributed by atoms with Crippen molar-refractivity contribution in [2.75, 3.05) is 33.3 Å². The molecule has 0 heterocycles. The van der Waals surface area contributed by atoms with Gasteiger partial charge < -0.3 is 20.3 Å². The van der Waals surface area contributed by atoms with Gasteiger partial charge in [0.25, 0.3) is 0 Å². The summed E-state index contributed by atoms with van der Waals surface area (Å²) in [5, 5.41) is 6.37. The second kappa shape index (κ2) is 13.6. The molecule has 27 heavy (non-hydrogen) atoms. The lowest BCUT2D eigenvalue weighted by atomic mass is 10.2. The van der Waals surface area contributed by atoms with Gasteiger partial charge in [0.05, 0.1) is 13.1 Å². The summed E-state index contributed by atoms with van der Waals surface area (Å²) in [6.45, 7) is 4.61. The van der Waals surface area contributed by atoms with E-state index in [1.807, 2.05) is 49.2 Å². The van der Waals surface area contributed by atoms with Crippen LogP contribution in [0.1, 0.15) is 39.0 Å². The Bertz CT molecular complexity index is 562. The van der Waals surface area contributed by atoms with Crippen LogP contribution in [-0.4, -0.2) is 56.1 Å². The van der Waals surface area contributed by atoms with Crippen LogP contribution in [0, 0.1) is 0 Å². The Labute approximate surface area is 180 Å². The van der Waals surface area contributed by atoms with Gasteiger partial charge in [-0.05, 0) is 31.9 Å². The van der Waals surface area contributed by atoms with Gasteiger partial charge >= 0.3 is 0 Å². The molecule has 0 bridgehead atoms. The number of carbonyl (C=O) groups is 1. The van der Waals surface area contributed by atoms with Crippen LogP contribution in [0.5, 0.6) is 5.75 Å². The fourth-order valence-corrected chi connectivity index (χ4v) is 3.03. The normalized spacial score (nSPS) is 14.4. The fraction of sp³-hybridized carbons (Fsp3) is 0.600. The van der Waals surface area contributed by atoms with Crippen molar-refractivity contribution in [3.05, 3.63) is 30.3 Å². The summed E-state index contributed by atoms with van der Waals surface area (Å²) >= 11 is 0. The van der Waals surface area contributed by atoms with Crippen molar-refractivity contribution in [3.8, 4) is 5.75 Å². The highest BCUT2D eigenvalue weighted by Gasteiger charge is 2.16. The maximum Gasteiger partial charge on any atom is 0.222 e. The predicted molar refractivity (Wildman–Crippen MR) is 121 cm³/mol. The Morgan fingerprint density at radius 1 is 1.26 bits per heavy atom. The Morgan fingerprint density at radius 2 is 1.96 bits per heavy atom. The van der Waals surface area contributed by atoms with Gasteiger partial charge in [-0.15, -0.1) is 24.0 Å². The Hall–Kier alpha value is -1.51. The predicted octanol–water partition coefficient (Wildman–Crippen LogP) is 3.03. The number of guanidine groups is 1. The molecule has 1 aromatic rings. The van der Waals surface area contributed by atoms with Gasteiger partial charge in [-0.2, -0.15) is 0 Å². The molecule has 7 heteroatoms. The Balaban J connectivity index is 0.00000364. The first kappa shape index (κ1) is 23.5. The van der Waals surface area contributed by atoms with E-state index in [2.05, 4.69) is 15.6 Å². The van der Waals surface area contributed by atoms with Gasteiger partial charge in [-0.25, -0.2) is 0 Å². The number of hydrogen-bond acceptors (Lipinski definition) is 3. The molecule has 1 aliphatic rings. The van der Waals surface area contributed by atoms with E-state index in [0.29, 0.717) is 25.6 Å². The maximum atomic E-state index is 12.0. The smallest absolute Gasteiger partial charge is 0.222 e. The number of para-hydroxylation sites is 1.